The van der Waals surface area contributed by atoms with E-state index in [4.69, 9.17) is 11.6 Å². The van der Waals surface area contributed by atoms with Gasteiger partial charge in [-0.15, -0.1) is 0 Å². The van der Waals surface area contributed by atoms with Crippen LogP contribution in [0.1, 0.15) is 22.8 Å². The second kappa shape index (κ2) is 7.32. The number of hydrogen-bond donors (Lipinski definition) is 0. The molecule has 0 N–H and O–H groups in total. The van der Waals surface area contributed by atoms with Crippen molar-refractivity contribution in [3.05, 3.63) is 52.6 Å². The van der Waals surface area contributed by atoms with Crippen LogP contribution >= 0.6 is 11.6 Å². The molecule has 1 aromatic heterocycles. The average Bonchev–Trinajstić information content (AvgIpc) is 3.06. The van der Waals surface area contributed by atoms with Gasteiger partial charge in [-0.3, -0.25) is 14.4 Å². The Labute approximate surface area is 145 Å². The summed E-state index contributed by atoms with van der Waals surface area (Å²) in [5, 5.41) is 4.60. The van der Waals surface area contributed by atoms with E-state index in [1.807, 2.05) is 11.8 Å². The van der Waals surface area contributed by atoms with Gasteiger partial charge in [-0.05, 0) is 24.6 Å². The fraction of sp³-hybridized carbons (Fsp3) is 0.412. The molecule has 24 heavy (non-hydrogen) atoms. The molecule has 5 nitrogen and oxygen atoms in total. The lowest BCUT2D eigenvalue weighted by Gasteiger charge is -2.34. The third-order valence-electron chi connectivity index (χ3n) is 4.27. The van der Waals surface area contributed by atoms with Gasteiger partial charge in [0.2, 0.25) is 0 Å². The lowest BCUT2D eigenvalue weighted by molar-refractivity contribution is 0.0628. The van der Waals surface area contributed by atoms with Crippen LogP contribution in [0.5, 0.6) is 0 Å². The molecule has 0 aliphatic carbocycles. The molecule has 0 bridgehead atoms. The van der Waals surface area contributed by atoms with Crippen molar-refractivity contribution in [3.63, 3.8) is 0 Å². The smallest absolute Gasteiger partial charge is 0.257 e. The van der Waals surface area contributed by atoms with Crippen molar-refractivity contribution in [2.75, 3.05) is 26.2 Å². The van der Waals surface area contributed by atoms with Crippen LogP contribution in [0.3, 0.4) is 0 Å². The highest BCUT2D eigenvalue weighted by atomic mass is 35.5. The quantitative estimate of drug-likeness (QED) is 0.851. The van der Waals surface area contributed by atoms with Gasteiger partial charge in [-0.2, -0.15) is 5.10 Å². The summed E-state index contributed by atoms with van der Waals surface area (Å²) in [6.07, 6.45) is 3.41. The number of nitrogens with zero attached hydrogens (tertiary/aromatic N) is 4. The van der Waals surface area contributed by atoms with Gasteiger partial charge in [0.15, 0.2) is 0 Å². The molecular weight excluding hydrogens is 331 g/mol. The number of carbonyl (C=O) groups is 1. The largest absolute Gasteiger partial charge is 0.336 e. The van der Waals surface area contributed by atoms with E-state index in [2.05, 4.69) is 10.00 Å². The predicted octanol–water partition coefficient (Wildman–Crippen LogP) is 2.65. The molecule has 0 saturated carbocycles. The summed E-state index contributed by atoms with van der Waals surface area (Å²) < 4.78 is 14.9. The van der Waals surface area contributed by atoms with E-state index in [1.165, 1.54) is 12.1 Å². The Hall–Kier alpha value is -1.92. The Balaban J connectivity index is 1.56. The maximum absolute atomic E-state index is 13.1. The van der Waals surface area contributed by atoms with Gasteiger partial charge >= 0.3 is 0 Å². The standard InChI is InChI=1S/C17H20ClFN4O/c1-2-23-12-14(10-20-23)17(24)22-7-5-21(6-8-22)11-13-3-4-15(19)9-16(13)18/h3-4,9-10,12H,2,5-8,11H2,1H3. The van der Waals surface area contributed by atoms with Crippen LogP contribution < -0.4 is 0 Å². The van der Waals surface area contributed by atoms with Gasteiger partial charge in [0, 0.05) is 50.5 Å². The first kappa shape index (κ1) is 16.9. The zero-order valence-electron chi connectivity index (χ0n) is 13.6. The predicted molar refractivity (Wildman–Crippen MR) is 90.5 cm³/mol. The van der Waals surface area contributed by atoms with Gasteiger partial charge in [0.25, 0.3) is 5.91 Å². The van der Waals surface area contributed by atoms with Crippen molar-refractivity contribution in [2.45, 2.75) is 20.0 Å². The summed E-state index contributed by atoms with van der Waals surface area (Å²) >= 11 is 6.08. The molecule has 2 aromatic rings. The highest BCUT2D eigenvalue weighted by molar-refractivity contribution is 6.31. The molecule has 0 unspecified atom stereocenters. The van der Waals surface area contributed by atoms with Crippen molar-refractivity contribution in [1.82, 2.24) is 19.6 Å². The third kappa shape index (κ3) is 3.76. The zero-order valence-corrected chi connectivity index (χ0v) is 14.3. The van der Waals surface area contributed by atoms with Crippen LogP contribution in [-0.2, 0) is 13.1 Å². The Morgan fingerprint density at radius 3 is 2.67 bits per heavy atom. The van der Waals surface area contributed by atoms with Crippen molar-refractivity contribution < 1.29 is 9.18 Å². The summed E-state index contributed by atoms with van der Waals surface area (Å²) in [7, 11) is 0. The molecule has 1 aromatic carbocycles. The topological polar surface area (TPSA) is 41.4 Å². The third-order valence-corrected chi connectivity index (χ3v) is 4.62. The number of halogens is 2. The Morgan fingerprint density at radius 1 is 1.29 bits per heavy atom. The first-order chi connectivity index (χ1) is 11.6. The number of aryl methyl sites for hydroxylation is 1. The van der Waals surface area contributed by atoms with Crippen molar-refractivity contribution >= 4 is 17.5 Å². The van der Waals surface area contributed by atoms with Gasteiger partial charge in [-0.25, -0.2) is 4.39 Å². The molecule has 0 radical (unpaired) electrons. The number of benzene rings is 1. The minimum atomic E-state index is -0.327. The van der Waals surface area contributed by atoms with Crippen LogP contribution in [0.4, 0.5) is 4.39 Å². The van der Waals surface area contributed by atoms with E-state index in [1.54, 1.807) is 23.1 Å². The molecular formula is C17H20ClFN4O. The molecule has 0 spiro atoms. The molecule has 128 valence electrons. The first-order valence-electron chi connectivity index (χ1n) is 8.05. The summed E-state index contributed by atoms with van der Waals surface area (Å²) in [4.78, 5) is 16.5. The Morgan fingerprint density at radius 2 is 2.04 bits per heavy atom. The number of amides is 1. The molecule has 1 fully saturated rings. The highest BCUT2D eigenvalue weighted by Gasteiger charge is 2.23. The summed E-state index contributed by atoms with van der Waals surface area (Å²) in [5.41, 5.74) is 1.54. The normalized spacial score (nSPS) is 15.7. The molecule has 1 aliphatic heterocycles. The van der Waals surface area contributed by atoms with E-state index in [9.17, 15) is 9.18 Å². The van der Waals surface area contributed by atoms with E-state index >= 15 is 0 Å². The molecule has 1 saturated heterocycles. The number of hydrogen-bond acceptors (Lipinski definition) is 3. The van der Waals surface area contributed by atoms with Crippen molar-refractivity contribution in [1.29, 1.82) is 0 Å². The van der Waals surface area contributed by atoms with Crippen LogP contribution in [-0.4, -0.2) is 51.7 Å². The lowest BCUT2D eigenvalue weighted by Crippen LogP contribution is -2.48. The summed E-state index contributed by atoms with van der Waals surface area (Å²) in [5.74, 6) is -0.305. The van der Waals surface area contributed by atoms with Crippen molar-refractivity contribution in [2.24, 2.45) is 0 Å². The van der Waals surface area contributed by atoms with Crippen LogP contribution in [0.25, 0.3) is 0 Å². The summed E-state index contributed by atoms with van der Waals surface area (Å²) in [6.45, 7) is 6.25. The maximum Gasteiger partial charge on any atom is 0.257 e. The fourth-order valence-electron chi connectivity index (χ4n) is 2.83. The molecule has 0 atom stereocenters. The van der Waals surface area contributed by atoms with Crippen molar-refractivity contribution in [3.8, 4) is 0 Å². The summed E-state index contributed by atoms with van der Waals surface area (Å²) in [6, 6.07) is 4.47. The Bertz CT molecular complexity index is 725. The maximum atomic E-state index is 13.1. The number of aromatic nitrogens is 2. The second-order valence-corrected chi connectivity index (χ2v) is 6.30. The first-order valence-corrected chi connectivity index (χ1v) is 8.42. The zero-order chi connectivity index (χ0) is 17.1. The monoisotopic (exact) mass is 350 g/mol. The fourth-order valence-corrected chi connectivity index (χ4v) is 3.06. The molecule has 1 amide bonds. The van der Waals surface area contributed by atoms with E-state index in [-0.39, 0.29) is 11.7 Å². The minimum absolute atomic E-state index is 0.0224. The van der Waals surface area contributed by atoms with E-state index in [0.717, 1.165) is 25.2 Å². The van der Waals surface area contributed by atoms with Crippen LogP contribution in [0, 0.1) is 5.82 Å². The second-order valence-electron chi connectivity index (χ2n) is 5.89. The van der Waals surface area contributed by atoms with Gasteiger partial charge < -0.3 is 4.90 Å². The van der Waals surface area contributed by atoms with Gasteiger partial charge in [0.1, 0.15) is 5.82 Å². The lowest BCUT2D eigenvalue weighted by atomic mass is 10.2. The highest BCUT2D eigenvalue weighted by Crippen LogP contribution is 2.20. The number of piperazine rings is 1. The molecule has 3 rings (SSSR count). The van der Waals surface area contributed by atoms with Gasteiger partial charge in [-0.1, -0.05) is 17.7 Å². The molecule has 7 heteroatoms. The SMILES string of the molecule is CCn1cc(C(=O)N2CCN(Cc3ccc(F)cc3Cl)CC2)cn1. The molecule has 1 aliphatic rings. The Kier molecular flexibility index (Phi) is 5.16. The van der Waals surface area contributed by atoms with Crippen LogP contribution in [0.2, 0.25) is 5.02 Å². The van der Waals surface area contributed by atoms with E-state index in [0.29, 0.717) is 30.2 Å². The number of rotatable bonds is 4. The minimum Gasteiger partial charge on any atom is -0.336 e. The number of carbonyl (C=O) groups excluding carboxylic acids is 1. The molecule has 2 heterocycles. The van der Waals surface area contributed by atoms with E-state index < -0.39 is 0 Å². The van der Waals surface area contributed by atoms with Crippen LogP contribution in [0.15, 0.2) is 30.6 Å². The van der Waals surface area contributed by atoms with Gasteiger partial charge in [0.05, 0.1) is 11.8 Å². The average molecular weight is 351 g/mol.